The smallest absolute Gasteiger partial charge is 0.0748 e. The fourth-order valence-corrected chi connectivity index (χ4v) is 7.49. The molecule has 8 aromatic rings. The lowest BCUT2D eigenvalue weighted by atomic mass is 9.85. The molecule has 2 heteroatoms. The highest BCUT2D eigenvalue weighted by Gasteiger charge is 2.21. The molecule has 6 aromatic carbocycles. The minimum Gasteiger partial charge on any atom is -0.247 e. The van der Waals surface area contributed by atoms with Crippen LogP contribution in [0.25, 0.3) is 76.6 Å². The molecule has 8 rings (SSSR count). The van der Waals surface area contributed by atoms with Gasteiger partial charge in [0.1, 0.15) is 0 Å². The third kappa shape index (κ3) is 4.72. The van der Waals surface area contributed by atoms with Gasteiger partial charge in [0.25, 0.3) is 0 Å². The Bertz CT molecular complexity index is 2270. The molecule has 224 valence electrons. The summed E-state index contributed by atoms with van der Waals surface area (Å²) in [5.74, 6) is 1.08. The van der Waals surface area contributed by atoms with Crippen molar-refractivity contribution in [1.29, 1.82) is 0 Å². The summed E-state index contributed by atoms with van der Waals surface area (Å²) in [5.41, 5.74) is 11.9. The summed E-state index contributed by atoms with van der Waals surface area (Å²) in [6.07, 6.45) is 1.99. The van der Waals surface area contributed by atoms with Gasteiger partial charge < -0.3 is 0 Å². The Hall–Kier alpha value is -5.08. The zero-order valence-corrected chi connectivity index (χ0v) is 27.0. The minimum atomic E-state index is 0.542. The van der Waals surface area contributed by atoms with Crippen LogP contribution in [0.1, 0.15) is 38.8 Å². The van der Waals surface area contributed by atoms with Crippen molar-refractivity contribution in [2.24, 2.45) is 11.8 Å². The van der Waals surface area contributed by atoms with Gasteiger partial charge in [0.2, 0.25) is 0 Å². The predicted octanol–water partition coefficient (Wildman–Crippen LogP) is 12.0. The van der Waals surface area contributed by atoms with E-state index < -0.39 is 0 Å². The number of aromatic nitrogens is 2. The Morgan fingerprint density at radius 3 is 1.30 bits per heavy atom. The maximum Gasteiger partial charge on any atom is 0.0748 e. The topological polar surface area (TPSA) is 25.8 Å². The van der Waals surface area contributed by atoms with Gasteiger partial charge in [-0.15, -0.1) is 0 Å². The standard InChI is InChI=1S/C44H38N2/c1-27(2)25-30-15-11-21-36-41(32-17-5-7-23-38(32)45-43(30)36)34-19-9-13-29-14-10-20-35(40(29)34)42-33-18-6-8-24-39(33)46-44-31(26-28(3)4)16-12-22-37(42)44/h5-24,27-28H,25-26H2,1-4H3. The van der Waals surface area contributed by atoms with Crippen molar-refractivity contribution in [1.82, 2.24) is 9.97 Å². The first-order valence-electron chi connectivity index (χ1n) is 16.6. The molecule has 0 unspecified atom stereocenters. The van der Waals surface area contributed by atoms with E-state index in [1.54, 1.807) is 0 Å². The molecule has 0 amide bonds. The van der Waals surface area contributed by atoms with Crippen molar-refractivity contribution in [3.05, 3.63) is 132 Å². The maximum atomic E-state index is 5.28. The monoisotopic (exact) mass is 594 g/mol. The number of para-hydroxylation sites is 4. The average molecular weight is 595 g/mol. The summed E-state index contributed by atoms with van der Waals surface area (Å²) in [4.78, 5) is 10.6. The molecule has 0 spiro atoms. The molecular weight excluding hydrogens is 556 g/mol. The molecule has 0 bridgehead atoms. The van der Waals surface area contributed by atoms with Gasteiger partial charge in [-0.3, -0.25) is 0 Å². The van der Waals surface area contributed by atoms with E-state index in [0.717, 1.165) is 34.9 Å². The van der Waals surface area contributed by atoms with Crippen molar-refractivity contribution in [2.45, 2.75) is 40.5 Å². The number of rotatable bonds is 6. The largest absolute Gasteiger partial charge is 0.247 e. The van der Waals surface area contributed by atoms with Crippen LogP contribution in [0.4, 0.5) is 0 Å². The van der Waals surface area contributed by atoms with Crippen LogP contribution in [-0.2, 0) is 12.8 Å². The van der Waals surface area contributed by atoms with Crippen LogP contribution in [0, 0.1) is 11.8 Å². The Labute approximate surface area is 270 Å². The quantitative estimate of drug-likeness (QED) is 0.179. The summed E-state index contributed by atoms with van der Waals surface area (Å²) >= 11 is 0. The molecule has 0 aliphatic heterocycles. The van der Waals surface area contributed by atoms with Crippen LogP contribution in [0.3, 0.4) is 0 Å². The van der Waals surface area contributed by atoms with Crippen molar-refractivity contribution in [3.8, 4) is 22.3 Å². The predicted molar refractivity (Wildman–Crippen MR) is 198 cm³/mol. The highest BCUT2D eigenvalue weighted by atomic mass is 14.7. The van der Waals surface area contributed by atoms with Crippen molar-refractivity contribution in [3.63, 3.8) is 0 Å². The van der Waals surface area contributed by atoms with Gasteiger partial charge in [0.05, 0.1) is 22.1 Å². The van der Waals surface area contributed by atoms with Crippen LogP contribution >= 0.6 is 0 Å². The molecule has 0 radical (unpaired) electrons. The lowest BCUT2D eigenvalue weighted by Crippen LogP contribution is -1.99. The van der Waals surface area contributed by atoms with Crippen LogP contribution in [0.5, 0.6) is 0 Å². The van der Waals surface area contributed by atoms with E-state index in [4.69, 9.17) is 9.97 Å². The van der Waals surface area contributed by atoms with Crippen LogP contribution in [0.15, 0.2) is 121 Å². The number of fused-ring (bicyclic) bond motifs is 5. The third-order valence-electron chi connectivity index (χ3n) is 9.29. The number of hydrogen-bond acceptors (Lipinski definition) is 2. The molecule has 2 nitrogen and oxygen atoms in total. The molecule has 0 saturated heterocycles. The SMILES string of the molecule is CC(C)Cc1cccc2c(-c3cccc4cccc(-c5c6ccccc6nc6c(CC(C)C)cccc56)c34)c3ccccc3nc12. The van der Waals surface area contributed by atoms with E-state index >= 15 is 0 Å². The first kappa shape index (κ1) is 28.4. The fourth-order valence-electron chi connectivity index (χ4n) is 7.49. The summed E-state index contributed by atoms with van der Waals surface area (Å²) in [7, 11) is 0. The molecular formula is C44H38N2. The Morgan fingerprint density at radius 1 is 0.435 bits per heavy atom. The second-order valence-corrected chi connectivity index (χ2v) is 13.5. The Balaban J connectivity index is 1.53. The zero-order chi connectivity index (χ0) is 31.4. The molecule has 0 atom stereocenters. The van der Waals surface area contributed by atoms with E-state index in [0.29, 0.717) is 11.8 Å². The minimum absolute atomic E-state index is 0.542. The third-order valence-corrected chi connectivity index (χ3v) is 9.29. The van der Waals surface area contributed by atoms with Gasteiger partial charge in [-0.1, -0.05) is 137 Å². The lowest BCUT2D eigenvalue weighted by Gasteiger charge is -2.20. The van der Waals surface area contributed by atoms with Gasteiger partial charge in [0, 0.05) is 32.7 Å². The second-order valence-electron chi connectivity index (χ2n) is 13.5. The van der Waals surface area contributed by atoms with E-state index in [9.17, 15) is 0 Å². The number of hydrogen-bond donors (Lipinski definition) is 0. The van der Waals surface area contributed by atoms with Gasteiger partial charge in [-0.05, 0) is 69.8 Å². The fraction of sp³-hybridized carbons (Fsp3) is 0.182. The first-order valence-corrected chi connectivity index (χ1v) is 16.6. The van der Waals surface area contributed by atoms with E-state index in [-0.39, 0.29) is 0 Å². The molecule has 46 heavy (non-hydrogen) atoms. The molecule has 0 aliphatic carbocycles. The van der Waals surface area contributed by atoms with Crippen molar-refractivity contribution < 1.29 is 0 Å². The molecule has 2 heterocycles. The Kier molecular flexibility index (Phi) is 7.02. The molecule has 0 saturated carbocycles. The molecule has 0 fully saturated rings. The molecule has 0 aliphatic rings. The summed E-state index contributed by atoms with van der Waals surface area (Å²) in [6, 6.07) is 44.4. The van der Waals surface area contributed by atoms with E-state index in [1.807, 2.05) is 0 Å². The number of benzene rings is 6. The Morgan fingerprint density at radius 2 is 0.848 bits per heavy atom. The number of nitrogens with zero attached hydrogens (tertiary/aromatic N) is 2. The highest BCUT2D eigenvalue weighted by molar-refractivity contribution is 6.21. The van der Waals surface area contributed by atoms with Crippen molar-refractivity contribution in [2.75, 3.05) is 0 Å². The first-order chi connectivity index (χ1) is 22.5. The highest BCUT2D eigenvalue weighted by Crippen LogP contribution is 2.45. The van der Waals surface area contributed by atoms with E-state index in [2.05, 4.69) is 149 Å². The average Bonchev–Trinajstić information content (AvgIpc) is 3.06. The summed E-state index contributed by atoms with van der Waals surface area (Å²) < 4.78 is 0. The molecule has 0 N–H and O–H groups in total. The summed E-state index contributed by atoms with van der Waals surface area (Å²) in [5, 5.41) is 7.29. The maximum absolute atomic E-state index is 5.28. The van der Waals surface area contributed by atoms with Crippen LogP contribution < -0.4 is 0 Å². The normalized spacial score (nSPS) is 12.0. The second kappa shape index (κ2) is 11.4. The van der Waals surface area contributed by atoms with Crippen molar-refractivity contribution >= 4 is 54.4 Å². The number of pyridine rings is 2. The van der Waals surface area contributed by atoms with Crippen LogP contribution in [-0.4, -0.2) is 9.97 Å². The van der Waals surface area contributed by atoms with E-state index in [1.165, 1.54) is 65.7 Å². The van der Waals surface area contributed by atoms with Gasteiger partial charge in [-0.25, -0.2) is 9.97 Å². The zero-order valence-electron chi connectivity index (χ0n) is 27.0. The lowest BCUT2D eigenvalue weighted by molar-refractivity contribution is 0.649. The van der Waals surface area contributed by atoms with Gasteiger partial charge in [-0.2, -0.15) is 0 Å². The van der Waals surface area contributed by atoms with Gasteiger partial charge >= 0.3 is 0 Å². The van der Waals surface area contributed by atoms with Crippen LogP contribution in [0.2, 0.25) is 0 Å². The van der Waals surface area contributed by atoms with Gasteiger partial charge in [0.15, 0.2) is 0 Å². The molecule has 2 aromatic heterocycles. The summed E-state index contributed by atoms with van der Waals surface area (Å²) in [6.45, 7) is 9.14.